The van der Waals surface area contributed by atoms with Crippen LogP contribution in [-0.4, -0.2) is 144 Å². The maximum Gasteiger partial charge on any atom is 0.124 e. The zero-order valence-electron chi connectivity index (χ0n) is 35.5. The first kappa shape index (κ1) is 51.7. The molecule has 0 spiro atoms. The maximum absolute atomic E-state index is 10.4. The molecule has 0 aliphatic rings. The molecule has 12 nitrogen and oxygen atoms in total. The summed E-state index contributed by atoms with van der Waals surface area (Å²) in [5.41, 5.74) is 7.93. The van der Waals surface area contributed by atoms with Gasteiger partial charge in [0.2, 0.25) is 0 Å². The van der Waals surface area contributed by atoms with E-state index in [9.17, 15) is 10.2 Å². The minimum absolute atomic E-state index is 0. The average Bonchev–Trinajstić information content (AvgIpc) is 3.09. The van der Waals surface area contributed by atoms with Gasteiger partial charge in [-0.1, -0.05) is 12.1 Å². The van der Waals surface area contributed by atoms with Crippen molar-refractivity contribution in [3.63, 3.8) is 0 Å². The molecule has 0 atom stereocenters. The van der Waals surface area contributed by atoms with E-state index in [2.05, 4.69) is 91.8 Å². The number of hydrogen-bond donors (Lipinski definition) is 4. The molecule has 0 aliphatic heterocycles. The summed E-state index contributed by atoms with van der Waals surface area (Å²) in [4.78, 5) is 20.3. The molecule has 0 unspecified atom stereocenters. The van der Waals surface area contributed by atoms with Crippen molar-refractivity contribution in [2.75, 3.05) is 84.6 Å². The molecule has 2 aromatic heterocycles. The topological polar surface area (TPSA) is 126 Å². The van der Waals surface area contributed by atoms with Gasteiger partial charge in [0, 0.05) is 95.6 Å². The van der Waals surface area contributed by atoms with E-state index in [1.165, 1.54) is 11.1 Å². The zero-order valence-corrected chi connectivity index (χ0v) is 37.0. The Morgan fingerprint density at radius 2 is 0.673 bits per heavy atom. The summed E-state index contributed by atoms with van der Waals surface area (Å²) < 4.78 is 0. The van der Waals surface area contributed by atoms with Crippen LogP contribution >= 0.6 is 0 Å². The number of hydrogen-bond acceptors (Lipinski definition) is 12. The number of aliphatic hydroxyl groups is 2. The summed E-state index contributed by atoms with van der Waals surface area (Å²) in [6.45, 7) is 4.87. The molecular weight excluding hydrogens is 728 g/mol. The van der Waals surface area contributed by atoms with Crippen LogP contribution in [0.5, 0.6) is 11.5 Å². The second-order valence-corrected chi connectivity index (χ2v) is 14.9. The van der Waals surface area contributed by atoms with Crippen LogP contribution < -0.4 is 0 Å². The Bertz CT molecular complexity index is 1410. The first-order valence-corrected chi connectivity index (χ1v) is 18.0. The average molecular weight is 797 g/mol. The van der Waals surface area contributed by atoms with Crippen LogP contribution in [0, 0.1) is 0 Å². The van der Waals surface area contributed by atoms with Crippen molar-refractivity contribution in [1.29, 1.82) is 0 Å². The van der Waals surface area contributed by atoms with E-state index in [4.69, 9.17) is 10.2 Å². The quantitative estimate of drug-likeness (QED) is 0.136. The summed E-state index contributed by atoms with van der Waals surface area (Å²) in [5.74, 6) is 0.870. The molecule has 0 saturated heterocycles. The molecule has 4 N–H and O–H groups in total. The van der Waals surface area contributed by atoms with Gasteiger partial charge in [0.05, 0.1) is 24.6 Å². The van der Waals surface area contributed by atoms with Crippen LogP contribution in [0.15, 0.2) is 73.1 Å². The molecule has 2 heterocycles. The second kappa shape index (κ2) is 28.2. The maximum atomic E-state index is 10.4. The van der Waals surface area contributed by atoms with Gasteiger partial charge in [0.1, 0.15) is 11.5 Å². The minimum atomic E-state index is 0. The molecule has 304 valence electrons. The van der Waals surface area contributed by atoms with Crippen LogP contribution in [0.3, 0.4) is 0 Å². The van der Waals surface area contributed by atoms with Gasteiger partial charge in [-0.05, 0) is 144 Å². The normalized spacial score (nSPS) is 10.8. The molecule has 0 bridgehead atoms. The van der Waals surface area contributed by atoms with Crippen molar-refractivity contribution in [2.24, 2.45) is 0 Å². The number of rotatable bonds is 14. The van der Waals surface area contributed by atoms with E-state index in [0.29, 0.717) is 22.9 Å². The fourth-order valence-electron chi connectivity index (χ4n) is 5.41. The number of benzene rings is 2. The van der Waals surface area contributed by atoms with E-state index in [0.717, 1.165) is 61.5 Å². The van der Waals surface area contributed by atoms with Crippen LogP contribution in [0.2, 0.25) is 0 Å². The first-order valence-electron chi connectivity index (χ1n) is 18.0. The summed E-state index contributed by atoms with van der Waals surface area (Å²) in [5, 5.41) is 37.7. The Labute approximate surface area is 346 Å². The van der Waals surface area contributed by atoms with Crippen molar-refractivity contribution in [3.8, 4) is 11.5 Å². The number of nitrogens with zero attached hydrogens (tertiary/aromatic N) is 8. The van der Waals surface area contributed by atoms with E-state index in [1.807, 2.05) is 80.6 Å². The fourth-order valence-corrected chi connectivity index (χ4v) is 5.41. The third-order valence-electron chi connectivity index (χ3n) is 7.38. The van der Waals surface area contributed by atoms with E-state index in [-0.39, 0.29) is 34.9 Å². The number of aromatic hydroxyl groups is 2. The smallest absolute Gasteiger partial charge is 0.124 e. The Morgan fingerprint density at radius 1 is 0.418 bits per heavy atom. The predicted octanol–water partition coefficient (Wildman–Crippen LogP) is 4.30. The van der Waals surface area contributed by atoms with Crippen LogP contribution in [-0.2, 0) is 74.2 Å². The van der Waals surface area contributed by atoms with Gasteiger partial charge < -0.3 is 49.8 Å². The van der Waals surface area contributed by atoms with Gasteiger partial charge in [-0.25, -0.2) is 0 Å². The molecule has 4 aromatic rings. The summed E-state index contributed by atoms with van der Waals surface area (Å²) in [6, 6.07) is 19.3. The molecular formula is C42H68N8O4Ti. The summed E-state index contributed by atoms with van der Waals surface area (Å²) >= 11 is 0. The van der Waals surface area contributed by atoms with E-state index >= 15 is 0 Å². The van der Waals surface area contributed by atoms with Crippen LogP contribution in [0.4, 0.5) is 0 Å². The van der Waals surface area contributed by atoms with E-state index in [1.54, 1.807) is 24.5 Å². The van der Waals surface area contributed by atoms with Gasteiger partial charge in [-0.15, -0.1) is 0 Å². The van der Waals surface area contributed by atoms with Crippen molar-refractivity contribution in [1.82, 2.24) is 39.4 Å². The van der Waals surface area contributed by atoms with Crippen molar-refractivity contribution >= 4 is 0 Å². The Kier molecular flexibility index (Phi) is 26.5. The Morgan fingerprint density at radius 3 is 0.836 bits per heavy atom. The number of aromatic nitrogens is 2. The van der Waals surface area contributed by atoms with Gasteiger partial charge in [-0.3, -0.25) is 9.97 Å². The predicted molar refractivity (Wildman–Crippen MR) is 221 cm³/mol. The largest absolute Gasteiger partial charge is 0.507 e. The summed E-state index contributed by atoms with van der Waals surface area (Å²) in [7, 11) is 24.4. The molecule has 0 aliphatic carbocycles. The van der Waals surface area contributed by atoms with E-state index < -0.39 is 0 Å². The van der Waals surface area contributed by atoms with Gasteiger partial charge in [0.15, 0.2) is 0 Å². The Hall–Kier alpha value is -3.27. The minimum Gasteiger partial charge on any atom is -0.507 e. The molecule has 0 saturated carbocycles. The van der Waals surface area contributed by atoms with Gasteiger partial charge >= 0.3 is 0 Å². The number of aliphatic hydroxyl groups excluding tert-OH is 2. The Balaban J connectivity index is 0.000000754. The number of pyridine rings is 2. The molecule has 13 heteroatoms. The third-order valence-corrected chi connectivity index (χ3v) is 7.38. The van der Waals surface area contributed by atoms with Crippen molar-refractivity contribution in [2.45, 2.75) is 52.5 Å². The van der Waals surface area contributed by atoms with Gasteiger partial charge in [0.25, 0.3) is 0 Å². The van der Waals surface area contributed by atoms with Crippen molar-refractivity contribution in [3.05, 3.63) is 118 Å². The third kappa shape index (κ3) is 22.8. The van der Waals surface area contributed by atoms with Crippen LogP contribution in [0.25, 0.3) is 0 Å². The van der Waals surface area contributed by atoms with Gasteiger partial charge in [-0.2, -0.15) is 0 Å². The monoisotopic (exact) mass is 796 g/mol. The molecule has 0 amide bonds. The SMILES string of the molecule is CN(C)Cc1cc(CN(C)C)c(O)c(CN(C)C)c1.CN(C)Cc1cc(CN(C)C)c(O)c(CN(C)C)c1.OCc1ccccn1.OCc1ccccn1.[Ti]. The second-order valence-electron chi connectivity index (χ2n) is 14.9. The molecule has 4 rings (SSSR count). The molecule has 55 heavy (non-hydrogen) atoms. The molecule has 2 aromatic carbocycles. The number of phenols is 2. The molecule has 0 fully saturated rings. The van der Waals surface area contributed by atoms with Crippen LogP contribution in [0.1, 0.15) is 44.8 Å². The zero-order chi connectivity index (χ0) is 40.8. The first-order chi connectivity index (χ1) is 25.4. The van der Waals surface area contributed by atoms with Crippen molar-refractivity contribution < 1.29 is 42.1 Å². The standard InChI is InChI=1S/2C15H27N3O.2C6H7NO.Ti/c2*1-16(2)9-12-7-13(10-17(3)4)15(19)14(8-12)11-18(5)6;2*8-5-6-3-1-2-4-7-6;/h2*7-8,19H,9-11H2,1-6H3;2*1-4,8H,5H2;. The number of phenolic OH excluding ortho intramolecular Hbond substituents is 2. The molecule has 0 radical (unpaired) electrons. The summed E-state index contributed by atoms with van der Waals surface area (Å²) in [6.07, 6.45) is 3.32. The fraction of sp³-hybridized carbons (Fsp3) is 0.476.